The monoisotopic (exact) mass is 334 g/mol. The highest BCUT2D eigenvalue weighted by atomic mass is 32.1. The van der Waals surface area contributed by atoms with Crippen molar-refractivity contribution < 1.29 is 9.53 Å². The fourth-order valence-electron chi connectivity index (χ4n) is 2.74. The van der Waals surface area contributed by atoms with E-state index in [1.165, 1.54) is 18.4 Å². The van der Waals surface area contributed by atoms with E-state index in [1.807, 2.05) is 35.7 Å². The highest BCUT2D eigenvalue weighted by Crippen LogP contribution is 2.29. The minimum atomic E-state index is -0.251. The topological polar surface area (TPSA) is 52.1 Å². The molecule has 4 nitrogen and oxygen atoms in total. The highest BCUT2D eigenvalue weighted by Gasteiger charge is 2.13. The first-order valence-corrected chi connectivity index (χ1v) is 8.41. The first-order chi connectivity index (χ1) is 11.7. The van der Waals surface area contributed by atoms with Crippen LogP contribution in [0.4, 0.5) is 0 Å². The summed E-state index contributed by atoms with van der Waals surface area (Å²) in [4.78, 5) is 21.8. The third-order valence-corrected chi connectivity index (χ3v) is 4.88. The first-order valence-electron chi connectivity index (χ1n) is 7.54. The number of benzene rings is 2. The summed E-state index contributed by atoms with van der Waals surface area (Å²) in [7, 11) is 1.40. The van der Waals surface area contributed by atoms with Gasteiger partial charge in [0.1, 0.15) is 0 Å². The summed E-state index contributed by atoms with van der Waals surface area (Å²) in [5.74, 6) is -0.251. The van der Waals surface area contributed by atoms with Gasteiger partial charge >= 0.3 is 5.97 Å². The van der Waals surface area contributed by atoms with E-state index in [-0.39, 0.29) is 12.4 Å². The maximum Gasteiger partial charge on any atom is 0.310 e. The summed E-state index contributed by atoms with van der Waals surface area (Å²) in [5, 5.41) is 4.24. The number of carbonyl (C=O) groups is 1. The lowest BCUT2D eigenvalue weighted by Crippen LogP contribution is -2.04. The molecule has 0 amide bonds. The molecule has 5 heteroatoms. The van der Waals surface area contributed by atoms with Crippen molar-refractivity contribution in [2.45, 2.75) is 6.42 Å². The Kier molecular flexibility index (Phi) is 3.70. The van der Waals surface area contributed by atoms with E-state index >= 15 is 0 Å². The van der Waals surface area contributed by atoms with Crippen molar-refractivity contribution in [1.82, 2.24) is 9.97 Å². The molecule has 24 heavy (non-hydrogen) atoms. The van der Waals surface area contributed by atoms with Crippen molar-refractivity contribution in [1.29, 1.82) is 0 Å². The number of aromatic nitrogens is 2. The van der Waals surface area contributed by atoms with Crippen molar-refractivity contribution >= 4 is 39.1 Å². The smallest absolute Gasteiger partial charge is 0.310 e. The lowest BCUT2D eigenvalue weighted by molar-refractivity contribution is -0.139. The van der Waals surface area contributed by atoms with Crippen LogP contribution in [0.2, 0.25) is 0 Å². The molecular formula is C19H14N2O2S. The molecule has 0 aliphatic heterocycles. The van der Waals surface area contributed by atoms with E-state index in [9.17, 15) is 4.79 Å². The van der Waals surface area contributed by atoms with Crippen molar-refractivity contribution in [3.8, 4) is 11.3 Å². The molecule has 0 saturated heterocycles. The van der Waals surface area contributed by atoms with Gasteiger partial charge in [0.25, 0.3) is 0 Å². The van der Waals surface area contributed by atoms with Gasteiger partial charge in [-0.2, -0.15) is 0 Å². The van der Waals surface area contributed by atoms with Crippen LogP contribution in [0, 0.1) is 0 Å². The van der Waals surface area contributed by atoms with Gasteiger partial charge in [-0.15, -0.1) is 11.3 Å². The van der Waals surface area contributed by atoms with Crippen LogP contribution >= 0.6 is 11.3 Å². The molecule has 0 spiro atoms. The summed E-state index contributed by atoms with van der Waals surface area (Å²) in [6, 6.07) is 14.2. The van der Waals surface area contributed by atoms with Gasteiger partial charge in [-0.05, 0) is 34.4 Å². The molecule has 2 heterocycles. The Morgan fingerprint density at radius 1 is 1.12 bits per heavy atom. The molecule has 0 atom stereocenters. The largest absolute Gasteiger partial charge is 0.469 e. The number of nitrogens with zero attached hydrogens (tertiary/aromatic N) is 2. The maximum absolute atomic E-state index is 11.6. The van der Waals surface area contributed by atoms with Crippen LogP contribution in [0.5, 0.6) is 0 Å². The van der Waals surface area contributed by atoms with Gasteiger partial charge in [0.2, 0.25) is 0 Å². The number of rotatable bonds is 3. The minimum Gasteiger partial charge on any atom is -0.469 e. The minimum absolute atomic E-state index is 0.251. The first kappa shape index (κ1) is 14.8. The van der Waals surface area contributed by atoms with E-state index in [0.29, 0.717) is 0 Å². The quantitative estimate of drug-likeness (QED) is 0.416. The Balaban J connectivity index is 1.82. The van der Waals surface area contributed by atoms with Gasteiger partial charge in [-0.3, -0.25) is 9.78 Å². The van der Waals surface area contributed by atoms with Gasteiger partial charge < -0.3 is 4.74 Å². The third kappa shape index (κ3) is 2.63. The van der Waals surface area contributed by atoms with E-state index in [1.54, 1.807) is 6.20 Å². The van der Waals surface area contributed by atoms with Crippen LogP contribution in [0.15, 0.2) is 54.0 Å². The molecule has 4 rings (SSSR count). The van der Waals surface area contributed by atoms with Gasteiger partial charge in [-0.1, -0.05) is 24.3 Å². The second kappa shape index (κ2) is 6.02. The number of ether oxygens (including phenoxy) is 1. The fourth-order valence-corrected chi connectivity index (χ4v) is 3.61. The fraction of sp³-hybridized carbons (Fsp3) is 0.105. The number of hydrogen-bond donors (Lipinski definition) is 0. The van der Waals surface area contributed by atoms with Gasteiger partial charge in [-0.25, -0.2) is 4.98 Å². The Bertz CT molecular complexity index is 1060. The van der Waals surface area contributed by atoms with Crippen LogP contribution in [-0.4, -0.2) is 23.0 Å². The molecule has 0 bridgehead atoms. The Morgan fingerprint density at radius 2 is 1.88 bits per heavy atom. The number of thiophene rings is 1. The molecule has 0 N–H and O–H groups in total. The normalized spacial score (nSPS) is 11.0. The molecule has 2 aromatic heterocycles. The molecule has 4 aromatic rings. The molecule has 0 aliphatic rings. The molecule has 2 aromatic carbocycles. The zero-order chi connectivity index (χ0) is 16.5. The third-order valence-electron chi connectivity index (χ3n) is 3.96. The number of carbonyl (C=O) groups excluding carboxylic acids is 1. The zero-order valence-electron chi connectivity index (χ0n) is 13.0. The van der Waals surface area contributed by atoms with Crippen molar-refractivity contribution in [3.63, 3.8) is 0 Å². The Labute approximate surface area is 142 Å². The average molecular weight is 334 g/mol. The molecule has 0 unspecified atom stereocenters. The molecular weight excluding hydrogens is 320 g/mol. The standard InChI is InChI=1S/C19H14N2O2S/c1-23-19(22)10-18-14(6-7-24-18)17-11-20-15-8-12-4-2-3-5-13(12)9-16(15)21-17/h2-9,11H,10H2,1H3. The van der Waals surface area contributed by atoms with Crippen LogP contribution < -0.4 is 0 Å². The highest BCUT2D eigenvalue weighted by molar-refractivity contribution is 7.10. The van der Waals surface area contributed by atoms with E-state index < -0.39 is 0 Å². The number of methoxy groups -OCH3 is 1. The second-order valence-electron chi connectivity index (χ2n) is 5.45. The summed E-state index contributed by atoms with van der Waals surface area (Å²) >= 11 is 1.53. The van der Waals surface area contributed by atoms with E-state index in [4.69, 9.17) is 9.72 Å². The molecule has 0 radical (unpaired) electrons. The molecule has 0 aliphatic carbocycles. The predicted molar refractivity (Wildman–Crippen MR) is 96.1 cm³/mol. The van der Waals surface area contributed by atoms with Gasteiger partial charge in [0.05, 0.1) is 36.5 Å². The lowest BCUT2D eigenvalue weighted by atomic mass is 10.1. The lowest BCUT2D eigenvalue weighted by Gasteiger charge is -2.05. The van der Waals surface area contributed by atoms with Crippen LogP contribution in [-0.2, 0) is 16.0 Å². The van der Waals surface area contributed by atoms with Crippen LogP contribution in [0.1, 0.15) is 4.88 Å². The summed E-state index contributed by atoms with van der Waals surface area (Å²) < 4.78 is 4.76. The van der Waals surface area contributed by atoms with Crippen LogP contribution in [0.3, 0.4) is 0 Å². The number of esters is 1. The predicted octanol–water partition coefficient (Wildman–Crippen LogP) is 4.23. The maximum atomic E-state index is 11.6. The van der Waals surface area contributed by atoms with Crippen molar-refractivity contribution in [2.24, 2.45) is 0 Å². The average Bonchev–Trinajstić information content (AvgIpc) is 3.07. The Hall–Kier alpha value is -2.79. The van der Waals surface area contributed by atoms with Crippen molar-refractivity contribution in [3.05, 3.63) is 58.9 Å². The second-order valence-corrected chi connectivity index (χ2v) is 6.45. The molecule has 118 valence electrons. The summed E-state index contributed by atoms with van der Waals surface area (Å²) in [5.41, 5.74) is 3.43. The van der Waals surface area contributed by atoms with Crippen LogP contribution in [0.25, 0.3) is 33.1 Å². The molecule has 0 fully saturated rings. The SMILES string of the molecule is COC(=O)Cc1sccc1-c1cnc2cc3ccccc3cc2n1. The zero-order valence-corrected chi connectivity index (χ0v) is 13.8. The van der Waals surface area contributed by atoms with E-state index in [0.717, 1.165) is 37.9 Å². The van der Waals surface area contributed by atoms with E-state index in [2.05, 4.69) is 17.1 Å². The number of fused-ring (bicyclic) bond motifs is 2. The van der Waals surface area contributed by atoms with Gasteiger partial charge in [0, 0.05) is 10.4 Å². The van der Waals surface area contributed by atoms with Crippen molar-refractivity contribution in [2.75, 3.05) is 7.11 Å². The Morgan fingerprint density at radius 3 is 2.62 bits per heavy atom. The summed E-state index contributed by atoms with van der Waals surface area (Å²) in [6.07, 6.45) is 2.01. The summed E-state index contributed by atoms with van der Waals surface area (Å²) in [6.45, 7) is 0. The van der Waals surface area contributed by atoms with Gasteiger partial charge in [0.15, 0.2) is 0 Å². The number of hydrogen-bond acceptors (Lipinski definition) is 5. The molecule has 0 saturated carbocycles.